The first-order valence-electron chi connectivity index (χ1n) is 6.25. The van der Waals surface area contributed by atoms with Crippen molar-refractivity contribution in [2.75, 3.05) is 11.4 Å². The molecule has 0 saturated carbocycles. The van der Waals surface area contributed by atoms with Crippen LogP contribution in [-0.2, 0) is 4.18 Å². The molecule has 0 N–H and O–H groups in total. The third-order valence-corrected chi connectivity index (χ3v) is 3.46. The predicted octanol–water partition coefficient (Wildman–Crippen LogP) is 3.26. The summed E-state index contributed by atoms with van der Waals surface area (Å²) < 4.78 is 19.9. The molecule has 0 saturated heterocycles. The van der Waals surface area contributed by atoms with E-state index in [0.717, 1.165) is 16.5 Å². The second-order valence-corrected chi connectivity index (χ2v) is 5.12. The van der Waals surface area contributed by atoms with Crippen LogP contribution in [0.5, 0.6) is 0 Å². The maximum Gasteiger partial charge on any atom is 0.273 e. The molecule has 0 bridgehead atoms. The van der Waals surface area contributed by atoms with Crippen molar-refractivity contribution in [3.63, 3.8) is 0 Å². The van der Waals surface area contributed by atoms with Crippen LogP contribution in [0.15, 0.2) is 36.5 Å². The van der Waals surface area contributed by atoms with Crippen LogP contribution in [0.4, 0.5) is 10.1 Å². The number of carbonyl (C=O) groups excluding carboxylic acids is 1. The molecule has 0 unspecified atom stereocenters. The predicted molar refractivity (Wildman–Crippen MR) is 81.5 cm³/mol. The first kappa shape index (κ1) is 15.9. The molecule has 0 aliphatic rings. The molecule has 1 heterocycles. The standard InChI is InChI=1S/C15H12FN3O2S/c1-10-7-14(11(8-17)9-18-10)19(22-21-2)15(20)12-5-3-4-6-13(12)16/h3-7,9H,1-2H3. The summed E-state index contributed by atoms with van der Waals surface area (Å²) in [6.07, 6.45) is 1.36. The molecule has 1 aromatic heterocycles. The molecule has 112 valence electrons. The van der Waals surface area contributed by atoms with E-state index in [-0.39, 0.29) is 11.1 Å². The van der Waals surface area contributed by atoms with Gasteiger partial charge < -0.3 is 0 Å². The summed E-state index contributed by atoms with van der Waals surface area (Å²) >= 11 is 0.718. The summed E-state index contributed by atoms with van der Waals surface area (Å²) in [5.74, 6) is -1.26. The van der Waals surface area contributed by atoms with E-state index in [2.05, 4.69) is 4.98 Å². The average Bonchev–Trinajstić information content (AvgIpc) is 2.52. The largest absolute Gasteiger partial charge is 0.300 e. The summed E-state index contributed by atoms with van der Waals surface area (Å²) in [4.78, 5) is 16.6. The number of rotatable bonds is 4. The number of hydrogen-bond donors (Lipinski definition) is 0. The SMILES string of the molecule is COSN(C(=O)c1ccccc1F)c1cc(C)ncc1C#N. The summed E-state index contributed by atoms with van der Waals surface area (Å²) in [7, 11) is 1.38. The van der Waals surface area contributed by atoms with Crippen molar-refractivity contribution in [2.45, 2.75) is 6.92 Å². The van der Waals surface area contributed by atoms with Gasteiger partial charge >= 0.3 is 0 Å². The van der Waals surface area contributed by atoms with E-state index in [1.807, 2.05) is 6.07 Å². The number of nitrogens with zero attached hydrogens (tertiary/aromatic N) is 3. The Morgan fingerprint density at radius 3 is 2.82 bits per heavy atom. The Morgan fingerprint density at radius 1 is 1.45 bits per heavy atom. The lowest BCUT2D eigenvalue weighted by atomic mass is 10.1. The average molecular weight is 317 g/mol. The van der Waals surface area contributed by atoms with Crippen LogP contribution < -0.4 is 4.31 Å². The Hall–Kier alpha value is -2.43. The van der Waals surface area contributed by atoms with E-state index in [1.165, 1.54) is 31.5 Å². The maximum absolute atomic E-state index is 13.8. The van der Waals surface area contributed by atoms with Crippen LogP contribution in [0.25, 0.3) is 0 Å². The van der Waals surface area contributed by atoms with Gasteiger partial charge in [-0.05, 0) is 25.1 Å². The van der Waals surface area contributed by atoms with Crippen LogP contribution >= 0.6 is 12.2 Å². The maximum atomic E-state index is 13.8. The normalized spacial score (nSPS) is 10.1. The van der Waals surface area contributed by atoms with Gasteiger partial charge in [0.05, 0.1) is 23.9 Å². The van der Waals surface area contributed by atoms with Crippen LogP contribution in [0.3, 0.4) is 0 Å². The Kier molecular flexibility index (Phi) is 5.09. The number of benzene rings is 1. The van der Waals surface area contributed by atoms with Gasteiger partial charge in [0.15, 0.2) is 0 Å². The minimum Gasteiger partial charge on any atom is -0.300 e. The molecule has 5 nitrogen and oxygen atoms in total. The monoisotopic (exact) mass is 317 g/mol. The van der Waals surface area contributed by atoms with E-state index in [0.29, 0.717) is 11.4 Å². The minimum atomic E-state index is -0.640. The number of aryl methyl sites for hydroxylation is 1. The summed E-state index contributed by atoms with van der Waals surface area (Å²) in [5, 5.41) is 9.18. The fourth-order valence-electron chi connectivity index (χ4n) is 1.80. The Bertz CT molecular complexity index is 746. The highest BCUT2D eigenvalue weighted by Gasteiger charge is 2.24. The quantitative estimate of drug-likeness (QED) is 0.639. The van der Waals surface area contributed by atoms with Crippen molar-refractivity contribution < 1.29 is 13.4 Å². The number of anilines is 1. The highest BCUT2D eigenvalue weighted by molar-refractivity contribution is 7.96. The lowest BCUT2D eigenvalue weighted by Crippen LogP contribution is -2.26. The number of carbonyl (C=O) groups is 1. The first-order chi connectivity index (χ1) is 10.6. The van der Waals surface area contributed by atoms with Gasteiger partial charge in [-0.15, -0.1) is 0 Å². The number of nitriles is 1. The third-order valence-electron chi connectivity index (χ3n) is 2.80. The van der Waals surface area contributed by atoms with Gasteiger partial charge in [0, 0.05) is 11.9 Å². The number of pyridine rings is 1. The lowest BCUT2D eigenvalue weighted by Gasteiger charge is -2.21. The molecular formula is C15H12FN3O2S. The second kappa shape index (κ2) is 7.02. The second-order valence-electron chi connectivity index (χ2n) is 4.28. The molecular weight excluding hydrogens is 305 g/mol. The van der Waals surface area contributed by atoms with Gasteiger partial charge in [-0.25, -0.2) is 8.70 Å². The number of halogens is 1. The molecule has 0 atom stereocenters. The molecule has 2 aromatic rings. The van der Waals surface area contributed by atoms with E-state index >= 15 is 0 Å². The van der Waals surface area contributed by atoms with Crippen molar-refractivity contribution in [1.29, 1.82) is 5.26 Å². The summed E-state index contributed by atoms with van der Waals surface area (Å²) in [6.45, 7) is 1.73. The van der Waals surface area contributed by atoms with Crippen LogP contribution in [0.2, 0.25) is 0 Å². The topological polar surface area (TPSA) is 66.2 Å². The van der Waals surface area contributed by atoms with Gasteiger partial charge in [-0.1, -0.05) is 12.1 Å². The van der Waals surface area contributed by atoms with Gasteiger partial charge in [-0.2, -0.15) is 5.26 Å². The molecule has 1 amide bonds. The van der Waals surface area contributed by atoms with E-state index in [1.54, 1.807) is 19.1 Å². The number of amides is 1. The summed E-state index contributed by atoms with van der Waals surface area (Å²) in [6, 6.07) is 9.17. The highest BCUT2D eigenvalue weighted by atomic mass is 32.2. The van der Waals surface area contributed by atoms with Crippen molar-refractivity contribution >= 4 is 23.8 Å². The molecule has 0 aliphatic heterocycles. The fraction of sp³-hybridized carbons (Fsp3) is 0.133. The van der Waals surface area contributed by atoms with E-state index in [4.69, 9.17) is 4.18 Å². The zero-order valence-electron chi connectivity index (χ0n) is 11.9. The Balaban J connectivity index is 2.52. The first-order valence-corrected chi connectivity index (χ1v) is 6.95. The Labute approximate surface area is 131 Å². The molecule has 0 radical (unpaired) electrons. The fourth-order valence-corrected chi connectivity index (χ4v) is 2.35. The van der Waals surface area contributed by atoms with Gasteiger partial charge in [-0.3, -0.25) is 14.0 Å². The zero-order valence-corrected chi connectivity index (χ0v) is 12.7. The van der Waals surface area contributed by atoms with Gasteiger partial charge in [0.2, 0.25) is 0 Å². The lowest BCUT2D eigenvalue weighted by molar-refractivity contribution is 0.100. The number of aromatic nitrogens is 1. The van der Waals surface area contributed by atoms with Crippen molar-refractivity contribution in [1.82, 2.24) is 4.98 Å². The smallest absolute Gasteiger partial charge is 0.273 e. The van der Waals surface area contributed by atoms with Crippen molar-refractivity contribution in [3.8, 4) is 6.07 Å². The van der Waals surface area contributed by atoms with Gasteiger partial charge in [0.25, 0.3) is 5.91 Å². The molecule has 22 heavy (non-hydrogen) atoms. The highest BCUT2D eigenvalue weighted by Crippen LogP contribution is 2.29. The van der Waals surface area contributed by atoms with E-state index in [9.17, 15) is 14.4 Å². The van der Waals surface area contributed by atoms with Crippen LogP contribution in [0.1, 0.15) is 21.6 Å². The molecule has 7 heteroatoms. The molecule has 2 rings (SSSR count). The van der Waals surface area contributed by atoms with Crippen molar-refractivity contribution in [2.24, 2.45) is 0 Å². The van der Waals surface area contributed by atoms with Crippen molar-refractivity contribution in [3.05, 3.63) is 59.2 Å². The van der Waals surface area contributed by atoms with Gasteiger partial charge in [0.1, 0.15) is 24.1 Å². The third kappa shape index (κ3) is 3.24. The molecule has 0 fully saturated rings. The van der Waals surface area contributed by atoms with Crippen LogP contribution in [0, 0.1) is 24.1 Å². The molecule has 1 aromatic carbocycles. The molecule has 0 spiro atoms. The van der Waals surface area contributed by atoms with E-state index < -0.39 is 11.7 Å². The minimum absolute atomic E-state index is 0.106. The molecule has 0 aliphatic carbocycles. The Morgan fingerprint density at radius 2 is 2.18 bits per heavy atom. The summed E-state index contributed by atoms with van der Waals surface area (Å²) in [5.41, 5.74) is 1.01. The van der Waals surface area contributed by atoms with Crippen LogP contribution in [-0.4, -0.2) is 18.0 Å². The zero-order chi connectivity index (χ0) is 16.1. The number of hydrogen-bond acceptors (Lipinski definition) is 5.